The Morgan fingerprint density at radius 1 is 1.14 bits per heavy atom. The van der Waals surface area contributed by atoms with Crippen molar-refractivity contribution in [3.05, 3.63) is 72.6 Å². The molecule has 1 aromatic heterocycles. The van der Waals surface area contributed by atoms with Gasteiger partial charge < -0.3 is 19.4 Å². The standard InChI is InChI=1S/C21H22FN3O3/c1-2-11-27-17-4-6-18(7-5-17)28-14-21(26)24-13-16-3-8-20(19(22)12-16)25-10-9-23-15-25/h3-10,12,15H,2,11,13-14H2,1H3,(H,24,26). The average molecular weight is 383 g/mol. The number of carbonyl (C=O) groups excluding carboxylic acids is 1. The van der Waals surface area contributed by atoms with E-state index < -0.39 is 0 Å². The summed E-state index contributed by atoms with van der Waals surface area (Å²) < 4.78 is 26.8. The first-order valence-electron chi connectivity index (χ1n) is 9.05. The Labute approximate surface area is 162 Å². The van der Waals surface area contributed by atoms with Crippen LogP contribution in [0.2, 0.25) is 0 Å². The van der Waals surface area contributed by atoms with Crippen LogP contribution in [0.1, 0.15) is 18.9 Å². The third kappa shape index (κ3) is 5.33. The van der Waals surface area contributed by atoms with Gasteiger partial charge in [0.25, 0.3) is 5.91 Å². The molecule has 2 aromatic carbocycles. The molecule has 0 saturated heterocycles. The van der Waals surface area contributed by atoms with Crippen LogP contribution in [0.5, 0.6) is 11.5 Å². The van der Waals surface area contributed by atoms with E-state index in [1.165, 1.54) is 12.4 Å². The molecule has 7 heteroatoms. The van der Waals surface area contributed by atoms with Crippen molar-refractivity contribution in [3.8, 4) is 17.2 Å². The minimum absolute atomic E-state index is 0.120. The SMILES string of the molecule is CCCOc1ccc(OCC(=O)NCc2ccc(-n3ccnc3)c(F)c2)cc1. The Morgan fingerprint density at radius 3 is 2.54 bits per heavy atom. The zero-order valence-electron chi connectivity index (χ0n) is 15.6. The molecule has 0 radical (unpaired) electrons. The smallest absolute Gasteiger partial charge is 0.258 e. The average Bonchev–Trinajstić information content (AvgIpc) is 3.24. The van der Waals surface area contributed by atoms with Crippen molar-refractivity contribution in [2.45, 2.75) is 19.9 Å². The van der Waals surface area contributed by atoms with Gasteiger partial charge in [0.1, 0.15) is 17.3 Å². The first kappa shape index (κ1) is 19.4. The second-order valence-electron chi connectivity index (χ2n) is 6.14. The van der Waals surface area contributed by atoms with Crippen molar-refractivity contribution in [1.29, 1.82) is 0 Å². The number of ether oxygens (including phenoxy) is 2. The normalized spacial score (nSPS) is 10.5. The Morgan fingerprint density at radius 2 is 1.89 bits per heavy atom. The summed E-state index contributed by atoms with van der Waals surface area (Å²) in [6.07, 6.45) is 5.72. The van der Waals surface area contributed by atoms with E-state index in [9.17, 15) is 9.18 Å². The molecule has 0 atom stereocenters. The van der Waals surface area contributed by atoms with E-state index in [1.54, 1.807) is 53.4 Å². The number of halogens is 1. The van der Waals surface area contributed by atoms with Gasteiger partial charge in [0, 0.05) is 18.9 Å². The molecule has 28 heavy (non-hydrogen) atoms. The second-order valence-corrected chi connectivity index (χ2v) is 6.14. The monoisotopic (exact) mass is 383 g/mol. The highest BCUT2D eigenvalue weighted by Crippen LogP contribution is 2.18. The molecule has 1 amide bonds. The number of imidazole rings is 1. The van der Waals surface area contributed by atoms with Crippen molar-refractivity contribution >= 4 is 5.91 Å². The molecule has 3 rings (SSSR count). The van der Waals surface area contributed by atoms with Crippen molar-refractivity contribution in [1.82, 2.24) is 14.9 Å². The summed E-state index contributed by atoms with van der Waals surface area (Å²) in [6, 6.07) is 11.9. The quantitative estimate of drug-likeness (QED) is 0.614. The Bertz CT molecular complexity index is 896. The van der Waals surface area contributed by atoms with Crippen LogP contribution in [0.25, 0.3) is 5.69 Å². The van der Waals surface area contributed by atoms with Crippen LogP contribution in [-0.2, 0) is 11.3 Å². The van der Waals surface area contributed by atoms with Crippen molar-refractivity contribution in [2.75, 3.05) is 13.2 Å². The first-order chi connectivity index (χ1) is 13.7. The van der Waals surface area contributed by atoms with E-state index in [-0.39, 0.29) is 24.9 Å². The van der Waals surface area contributed by atoms with E-state index >= 15 is 0 Å². The maximum absolute atomic E-state index is 14.2. The molecule has 0 spiro atoms. The fourth-order valence-electron chi connectivity index (χ4n) is 2.52. The molecule has 1 N–H and O–H groups in total. The first-order valence-corrected chi connectivity index (χ1v) is 9.05. The maximum atomic E-state index is 14.2. The molecule has 0 fully saturated rings. The van der Waals surface area contributed by atoms with Crippen LogP contribution in [0.3, 0.4) is 0 Å². The molecule has 0 aliphatic carbocycles. The van der Waals surface area contributed by atoms with Gasteiger partial charge in [-0.1, -0.05) is 13.0 Å². The van der Waals surface area contributed by atoms with Crippen LogP contribution in [0, 0.1) is 5.82 Å². The lowest BCUT2D eigenvalue weighted by Crippen LogP contribution is -2.28. The van der Waals surface area contributed by atoms with E-state index in [2.05, 4.69) is 10.3 Å². The van der Waals surface area contributed by atoms with Crippen molar-refractivity contribution in [2.24, 2.45) is 0 Å². The number of hydrogen-bond acceptors (Lipinski definition) is 4. The summed E-state index contributed by atoms with van der Waals surface area (Å²) in [5.41, 5.74) is 1.06. The van der Waals surface area contributed by atoms with Gasteiger partial charge in [-0.2, -0.15) is 0 Å². The van der Waals surface area contributed by atoms with Crippen molar-refractivity contribution < 1.29 is 18.7 Å². The number of aromatic nitrogens is 2. The summed E-state index contributed by atoms with van der Waals surface area (Å²) >= 11 is 0. The predicted octanol–water partition coefficient (Wildman–Crippen LogP) is 3.50. The van der Waals surface area contributed by atoms with Gasteiger partial charge in [0.15, 0.2) is 6.61 Å². The largest absolute Gasteiger partial charge is 0.494 e. The molecule has 146 valence electrons. The summed E-state index contributed by atoms with van der Waals surface area (Å²) in [5, 5.41) is 2.72. The number of carbonyl (C=O) groups is 1. The van der Waals surface area contributed by atoms with Crippen LogP contribution in [0.15, 0.2) is 61.2 Å². The summed E-state index contributed by atoms with van der Waals surface area (Å²) in [6.45, 7) is 2.79. The van der Waals surface area contributed by atoms with E-state index in [1.807, 2.05) is 6.92 Å². The molecule has 1 heterocycles. The van der Waals surface area contributed by atoms with E-state index in [0.29, 0.717) is 23.6 Å². The fraction of sp³-hybridized carbons (Fsp3) is 0.238. The van der Waals surface area contributed by atoms with Gasteiger partial charge in [0.2, 0.25) is 0 Å². The molecular weight excluding hydrogens is 361 g/mol. The fourth-order valence-corrected chi connectivity index (χ4v) is 2.52. The highest BCUT2D eigenvalue weighted by Gasteiger charge is 2.07. The van der Waals surface area contributed by atoms with Gasteiger partial charge in [0.05, 0.1) is 18.6 Å². The lowest BCUT2D eigenvalue weighted by Gasteiger charge is -2.10. The molecule has 0 saturated carbocycles. The predicted molar refractivity (Wildman–Crippen MR) is 103 cm³/mol. The second kappa shape index (κ2) is 9.55. The number of rotatable bonds is 9. The zero-order chi connectivity index (χ0) is 19.8. The minimum Gasteiger partial charge on any atom is -0.494 e. The number of benzene rings is 2. The molecule has 0 aliphatic rings. The van der Waals surface area contributed by atoms with E-state index in [4.69, 9.17) is 9.47 Å². The molecule has 0 aliphatic heterocycles. The summed E-state index contributed by atoms with van der Waals surface area (Å²) in [4.78, 5) is 15.9. The van der Waals surface area contributed by atoms with Gasteiger partial charge in [-0.05, 0) is 48.4 Å². The Hall–Kier alpha value is -3.35. The van der Waals surface area contributed by atoms with Crippen LogP contribution >= 0.6 is 0 Å². The molecule has 6 nitrogen and oxygen atoms in total. The maximum Gasteiger partial charge on any atom is 0.258 e. The number of nitrogens with zero attached hydrogens (tertiary/aromatic N) is 2. The third-order valence-corrected chi connectivity index (χ3v) is 3.95. The summed E-state index contributed by atoms with van der Waals surface area (Å²) in [7, 11) is 0. The molecule has 0 unspecified atom stereocenters. The Kier molecular flexibility index (Phi) is 6.62. The number of amides is 1. The topological polar surface area (TPSA) is 65.4 Å². The lowest BCUT2D eigenvalue weighted by molar-refractivity contribution is -0.123. The number of hydrogen-bond donors (Lipinski definition) is 1. The lowest BCUT2D eigenvalue weighted by atomic mass is 10.2. The van der Waals surface area contributed by atoms with Gasteiger partial charge >= 0.3 is 0 Å². The van der Waals surface area contributed by atoms with E-state index in [0.717, 1.165) is 12.2 Å². The van der Waals surface area contributed by atoms with Crippen LogP contribution in [0.4, 0.5) is 4.39 Å². The van der Waals surface area contributed by atoms with Crippen molar-refractivity contribution in [3.63, 3.8) is 0 Å². The minimum atomic E-state index is -0.383. The zero-order valence-corrected chi connectivity index (χ0v) is 15.6. The van der Waals surface area contributed by atoms with Gasteiger partial charge in [-0.15, -0.1) is 0 Å². The van der Waals surface area contributed by atoms with Crippen LogP contribution < -0.4 is 14.8 Å². The summed E-state index contributed by atoms with van der Waals surface area (Å²) in [5.74, 6) is 0.673. The van der Waals surface area contributed by atoms with Crippen LogP contribution in [-0.4, -0.2) is 28.7 Å². The number of nitrogens with one attached hydrogen (secondary N) is 1. The van der Waals surface area contributed by atoms with Gasteiger partial charge in [-0.25, -0.2) is 9.37 Å². The third-order valence-electron chi connectivity index (χ3n) is 3.95. The van der Waals surface area contributed by atoms with Gasteiger partial charge in [-0.3, -0.25) is 4.79 Å². The molecular formula is C21H22FN3O3. The Balaban J connectivity index is 1.46. The molecule has 3 aromatic rings. The highest BCUT2D eigenvalue weighted by molar-refractivity contribution is 5.77. The molecule has 0 bridgehead atoms. The highest BCUT2D eigenvalue weighted by atomic mass is 19.1.